The van der Waals surface area contributed by atoms with E-state index in [1.807, 2.05) is 27.7 Å². The van der Waals surface area contributed by atoms with E-state index in [9.17, 15) is 14.7 Å². The van der Waals surface area contributed by atoms with Crippen LogP contribution in [-0.2, 0) is 16.0 Å². The number of amides is 1. The summed E-state index contributed by atoms with van der Waals surface area (Å²) < 4.78 is 6.92. The number of hydrogen-bond acceptors (Lipinski definition) is 5. The molecule has 0 saturated heterocycles. The summed E-state index contributed by atoms with van der Waals surface area (Å²) in [4.78, 5) is 28.3. The number of carbonyl (C=O) groups is 2. The number of nitrogens with one attached hydrogen (secondary N) is 1. The van der Waals surface area contributed by atoms with Crippen molar-refractivity contribution in [3.8, 4) is 0 Å². The predicted molar refractivity (Wildman–Crippen MR) is 93.3 cm³/mol. The Labute approximate surface area is 149 Å². The van der Waals surface area contributed by atoms with Crippen molar-refractivity contribution in [2.45, 2.75) is 66.5 Å². The van der Waals surface area contributed by atoms with Crippen molar-refractivity contribution in [1.29, 1.82) is 0 Å². The van der Waals surface area contributed by atoms with Gasteiger partial charge in [0.1, 0.15) is 17.8 Å². The third-order valence-corrected chi connectivity index (χ3v) is 4.09. The van der Waals surface area contributed by atoms with Gasteiger partial charge in [0.15, 0.2) is 0 Å². The lowest BCUT2D eigenvalue weighted by Gasteiger charge is -2.33. The molecule has 0 bridgehead atoms. The second kappa shape index (κ2) is 7.84. The quantitative estimate of drug-likeness (QED) is 0.779. The summed E-state index contributed by atoms with van der Waals surface area (Å²) in [5.41, 5.74) is -1.86. The number of rotatable bonds is 7. The second-order valence-corrected chi connectivity index (χ2v) is 7.86. The van der Waals surface area contributed by atoms with Crippen molar-refractivity contribution in [1.82, 2.24) is 20.1 Å². The molecule has 0 aliphatic heterocycles. The van der Waals surface area contributed by atoms with Crippen molar-refractivity contribution in [3.05, 3.63) is 12.2 Å². The molecule has 1 atom stereocenters. The zero-order valence-electron chi connectivity index (χ0n) is 16.2. The predicted octanol–water partition coefficient (Wildman–Crippen LogP) is 2.65. The molecule has 0 fully saturated rings. The van der Waals surface area contributed by atoms with Crippen molar-refractivity contribution in [2.24, 2.45) is 11.3 Å². The van der Waals surface area contributed by atoms with Crippen LogP contribution in [0.2, 0.25) is 0 Å². The number of nitrogens with zero attached hydrogens (tertiary/aromatic N) is 3. The molecular formula is C17H30N4O4. The maximum atomic E-state index is 12.1. The number of carbonyl (C=O) groups excluding carboxylic acids is 1. The van der Waals surface area contributed by atoms with E-state index >= 15 is 0 Å². The van der Waals surface area contributed by atoms with Gasteiger partial charge in [0.05, 0.1) is 5.41 Å². The van der Waals surface area contributed by atoms with Gasteiger partial charge in [-0.2, -0.15) is 5.10 Å². The minimum atomic E-state index is -1.21. The van der Waals surface area contributed by atoms with Crippen LogP contribution >= 0.6 is 0 Å². The SMILES string of the molecule is CC(C)n1ncnc1CC(CNC(=O)OC(C)(C)C)(C(=O)O)C(C)C. The summed E-state index contributed by atoms with van der Waals surface area (Å²) in [6.07, 6.45) is 0.946. The molecule has 0 radical (unpaired) electrons. The average molecular weight is 354 g/mol. The van der Waals surface area contributed by atoms with Crippen LogP contribution in [0.3, 0.4) is 0 Å². The maximum absolute atomic E-state index is 12.1. The van der Waals surface area contributed by atoms with Gasteiger partial charge in [-0.1, -0.05) is 13.8 Å². The van der Waals surface area contributed by atoms with Crippen LogP contribution in [0.4, 0.5) is 4.79 Å². The van der Waals surface area contributed by atoms with Gasteiger partial charge in [0, 0.05) is 19.0 Å². The van der Waals surface area contributed by atoms with Gasteiger partial charge in [-0.25, -0.2) is 14.5 Å². The van der Waals surface area contributed by atoms with Crippen molar-refractivity contribution >= 4 is 12.1 Å². The van der Waals surface area contributed by atoms with Crippen LogP contribution in [0.25, 0.3) is 0 Å². The van der Waals surface area contributed by atoms with Gasteiger partial charge in [-0.15, -0.1) is 0 Å². The number of aliphatic carboxylic acids is 1. The van der Waals surface area contributed by atoms with E-state index in [0.717, 1.165) is 0 Å². The van der Waals surface area contributed by atoms with Crippen LogP contribution < -0.4 is 5.32 Å². The lowest BCUT2D eigenvalue weighted by molar-refractivity contribution is -0.151. The van der Waals surface area contributed by atoms with E-state index in [-0.39, 0.29) is 24.9 Å². The van der Waals surface area contributed by atoms with E-state index in [2.05, 4.69) is 15.4 Å². The molecule has 1 aromatic heterocycles. The molecule has 25 heavy (non-hydrogen) atoms. The van der Waals surface area contributed by atoms with Crippen LogP contribution in [0.15, 0.2) is 6.33 Å². The van der Waals surface area contributed by atoms with E-state index < -0.39 is 23.1 Å². The summed E-state index contributed by atoms with van der Waals surface area (Å²) in [7, 11) is 0. The molecule has 8 heteroatoms. The van der Waals surface area contributed by atoms with E-state index in [1.165, 1.54) is 6.33 Å². The highest BCUT2D eigenvalue weighted by Gasteiger charge is 2.44. The van der Waals surface area contributed by atoms with E-state index in [1.54, 1.807) is 25.5 Å². The lowest BCUT2D eigenvalue weighted by atomic mass is 9.74. The Kier molecular flexibility index (Phi) is 6.56. The fourth-order valence-corrected chi connectivity index (χ4v) is 2.53. The molecule has 8 nitrogen and oxygen atoms in total. The number of alkyl carbamates (subject to hydrolysis) is 1. The molecule has 0 spiro atoms. The van der Waals surface area contributed by atoms with Gasteiger partial charge in [0.25, 0.3) is 0 Å². The lowest BCUT2D eigenvalue weighted by Crippen LogP contribution is -2.49. The molecule has 0 aromatic carbocycles. The summed E-state index contributed by atoms with van der Waals surface area (Å²) in [6.45, 7) is 12.8. The first-order valence-corrected chi connectivity index (χ1v) is 8.47. The van der Waals surface area contributed by atoms with Gasteiger partial charge in [-0.3, -0.25) is 4.79 Å². The van der Waals surface area contributed by atoms with Crippen LogP contribution in [0, 0.1) is 11.3 Å². The number of carboxylic acids is 1. The van der Waals surface area contributed by atoms with Crippen LogP contribution in [0.5, 0.6) is 0 Å². The smallest absolute Gasteiger partial charge is 0.407 e. The van der Waals surface area contributed by atoms with Crippen LogP contribution in [-0.4, -0.2) is 44.1 Å². The van der Waals surface area contributed by atoms with Crippen LogP contribution in [0.1, 0.15) is 60.3 Å². The fraction of sp³-hybridized carbons (Fsp3) is 0.765. The minimum Gasteiger partial charge on any atom is -0.481 e. The summed E-state index contributed by atoms with van der Waals surface area (Å²) in [5.74, 6) is -0.647. The van der Waals surface area contributed by atoms with E-state index in [4.69, 9.17) is 4.74 Å². The topological polar surface area (TPSA) is 106 Å². The molecule has 1 rings (SSSR count). The normalized spacial score (nSPS) is 14.4. The zero-order chi connectivity index (χ0) is 19.4. The second-order valence-electron chi connectivity index (χ2n) is 7.86. The van der Waals surface area contributed by atoms with Gasteiger partial charge in [0.2, 0.25) is 0 Å². The third-order valence-electron chi connectivity index (χ3n) is 4.09. The van der Waals surface area contributed by atoms with Crippen molar-refractivity contribution in [3.63, 3.8) is 0 Å². The highest BCUT2D eigenvalue weighted by molar-refractivity contribution is 5.77. The largest absolute Gasteiger partial charge is 0.481 e. The molecule has 0 saturated carbocycles. The first kappa shape index (κ1) is 20.9. The standard InChI is InChI=1S/C17H30N4O4/c1-11(2)17(14(22)23,9-18-15(24)25-16(5,6)7)8-13-19-10-20-21(13)12(3)4/h10-12H,8-9H2,1-7H3,(H,18,24)(H,22,23). The molecule has 1 unspecified atom stereocenters. The average Bonchev–Trinajstić information content (AvgIpc) is 2.88. The Morgan fingerprint density at radius 2 is 1.88 bits per heavy atom. The van der Waals surface area contributed by atoms with Gasteiger partial charge >= 0.3 is 12.1 Å². The van der Waals surface area contributed by atoms with Crippen molar-refractivity contribution in [2.75, 3.05) is 6.54 Å². The fourth-order valence-electron chi connectivity index (χ4n) is 2.53. The highest BCUT2D eigenvalue weighted by Crippen LogP contribution is 2.32. The number of hydrogen-bond donors (Lipinski definition) is 2. The summed E-state index contributed by atoms with van der Waals surface area (Å²) in [5, 5.41) is 16.7. The molecule has 1 aromatic rings. The zero-order valence-corrected chi connectivity index (χ0v) is 16.2. The highest BCUT2D eigenvalue weighted by atomic mass is 16.6. The van der Waals surface area contributed by atoms with Crippen molar-refractivity contribution < 1.29 is 19.4 Å². The molecule has 0 aliphatic rings. The Hall–Kier alpha value is -2.12. The Morgan fingerprint density at radius 1 is 1.28 bits per heavy atom. The third kappa shape index (κ3) is 5.44. The number of ether oxygens (including phenoxy) is 1. The molecule has 1 heterocycles. The molecule has 142 valence electrons. The summed E-state index contributed by atoms with van der Waals surface area (Å²) in [6, 6.07) is 0.0648. The van der Waals surface area contributed by atoms with Gasteiger partial charge < -0.3 is 15.2 Å². The summed E-state index contributed by atoms with van der Waals surface area (Å²) >= 11 is 0. The Bertz CT molecular complexity index is 604. The molecule has 1 amide bonds. The first-order chi connectivity index (χ1) is 11.4. The maximum Gasteiger partial charge on any atom is 0.407 e. The Morgan fingerprint density at radius 3 is 2.32 bits per heavy atom. The molecule has 0 aliphatic carbocycles. The van der Waals surface area contributed by atoms with Gasteiger partial charge in [-0.05, 0) is 40.5 Å². The number of carboxylic acid groups (broad SMARTS) is 1. The van der Waals surface area contributed by atoms with E-state index in [0.29, 0.717) is 5.82 Å². The Balaban J connectivity index is 3.04. The number of aromatic nitrogens is 3. The molecular weight excluding hydrogens is 324 g/mol. The first-order valence-electron chi connectivity index (χ1n) is 8.47. The minimum absolute atomic E-state index is 0.0557. The monoisotopic (exact) mass is 354 g/mol. The molecule has 2 N–H and O–H groups in total.